The van der Waals surface area contributed by atoms with Crippen LogP contribution >= 0.6 is 11.8 Å². The lowest BCUT2D eigenvalue weighted by Crippen LogP contribution is -2.68. The van der Waals surface area contributed by atoms with Crippen LogP contribution in [0.1, 0.15) is 16.7 Å². The van der Waals surface area contributed by atoms with E-state index in [2.05, 4.69) is 71.8 Å². The van der Waals surface area contributed by atoms with Gasteiger partial charge in [0.1, 0.15) is 11.4 Å². The minimum atomic E-state index is -0.103. The zero-order chi connectivity index (χ0) is 20.1. The summed E-state index contributed by atoms with van der Waals surface area (Å²) in [6, 6.07) is 31.0. The molecule has 4 rings (SSSR count). The molecular formula is C25H26N2OS. The summed E-state index contributed by atoms with van der Waals surface area (Å²) in [5.74, 6) is 0.222. The van der Waals surface area contributed by atoms with Gasteiger partial charge in [0.2, 0.25) is 5.91 Å². The molecule has 1 saturated heterocycles. The van der Waals surface area contributed by atoms with Gasteiger partial charge in [-0.25, -0.2) is 0 Å². The predicted octanol–water partition coefficient (Wildman–Crippen LogP) is 4.79. The first kappa shape index (κ1) is 19.7. The number of thioether (sulfide) groups is 1. The van der Waals surface area contributed by atoms with Crippen LogP contribution < -0.4 is 0 Å². The first-order chi connectivity index (χ1) is 14.3. The summed E-state index contributed by atoms with van der Waals surface area (Å²) in [5, 5.41) is 0.162. The van der Waals surface area contributed by atoms with Crippen LogP contribution in [0.25, 0.3) is 0 Å². The van der Waals surface area contributed by atoms with Crippen molar-refractivity contribution in [1.29, 1.82) is 0 Å². The van der Waals surface area contributed by atoms with Crippen molar-refractivity contribution in [3.8, 4) is 0 Å². The van der Waals surface area contributed by atoms with Crippen molar-refractivity contribution in [2.75, 3.05) is 6.26 Å². The molecule has 3 aromatic carbocycles. The Bertz CT molecular complexity index is 876. The molecule has 1 aliphatic rings. The number of carbonyl (C=O) groups excluding carboxylic acids is 1. The molecule has 1 fully saturated rings. The van der Waals surface area contributed by atoms with Crippen molar-refractivity contribution in [2.45, 2.75) is 31.0 Å². The summed E-state index contributed by atoms with van der Waals surface area (Å²) in [5.41, 5.74) is 3.64. The Kier molecular flexibility index (Phi) is 6.33. The van der Waals surface area contributed by atoms with E-state index in [1.807, 2.05) is 35.2 Å². The van der Waals surface area contributed by atoms with Crippen LogP contribution in [0.15, 0.2) is 91.0 Å². The van der Waals surface area contributed by atoms with Gasteiger partial charge in [0, 0.05) is 19.6 Å². The van der Waals surface area contributed by atoms with Crippen molar-refractivity contribution in [1.82, 2.24) is 9.80 Å². The zero-order valence-corrected chi connectivity index (χ0v) is 17.5. The third kappa shape index (κ3) is 4.55. The summed E-state index contributed by atoms with van der Waals surface area (Å²) in [7, 11) is 0. The van der Waals surface area contributed by atoms with E-state index in [0.717, 1.165) is 13.1 Å². The maximum absolute atomic E-state index is 13.2. The molecule has 2 atom stereocenters. The molecule has 4 heteroatoms. The Hall–Kier alpha value is -2.56. The molecule has 0 unspecified atom stereocenters. The summed E-state index contributed by atoms with van der Waals surface area (Å²) in [6.07, 6.45) is 2.10. The molecule has 0 saturated carbocycles. The van der Waals surface area contributed by atoms with Crippen molar-refractivity contribution >= 4 is 17.7 Å². The van der Waals surface area contributed by atoms with E-state index in [9.17, 15) is 4.79 Å². The van der Waals surface area contributed by atoms with Crippen LogP contribution in [0, 0.1) is 0 Å². The maximum Gasteiger partial charge on any atom is 0.244 e. The van der Waals surface area contributed by atoms with Crippen LogP contribution in [-0.2, 0) is 24.4 Å². The van der Waals surface area contributed by atoms with E-state index in [-0.39, 0.29) is 17.3 Å². The van der Waals surface area contributed by atoms with Gasteiger partial charge in [-0.1, -0.05) is 91.0 Å². The number of benzene rings is 3. The van der Waals surface area contributed by atoms with E-state index in [1.54, 1.807) is 11.8 Å². The second-order valence-electron chi connectivity index (χ2n) is 7.40. The Morgan fingerprint density at radius 3 is 1.66 bits per heavy atom. The number of rotatable bonds is 8. The lowest BCUT2D eigenvalue weighted by atomic mass is 10.0. The number of β-lactam (4-membered cyclic amide) rings is 1. The average Bonchev–Trinajstić information content (AvgIpc) is 2.77. The fourth-order valence-corrected chi connectivity index (χ4v) is 4.91. The smallest absolute Gasteiger partial charge is 0.244 e. The topological polar surface area (TPSA) is 23.6 Å². The van der Waals surface area contributed by atoms with Crippen LogP contribution in [0.5, 0.6) is 0 Å². The van der Waals surface area contributed by atoms with E-state index in [0.29, 0.717) is 6.54 Å². The van der Waals surface area contributed by atoms with Gasteiger partial charge in [-0.3, -0.25) is 9.69 Å². The molecular weight excluding hydrogens is 376 g/mol. The van der Waals surface area contributed by atoms with Crippen molar-refractivity contribution in [3.63, 3.8) is 0 Å². The molecule has 0 radical (unpaired) electrons. The van der Waals surface area contributed by atoms with Crippen LogP contribution in [0.3, 0.4) is 0 Å². The van der Waals surface area contributed by atoms with Crippen LogP contribution in [0.2, 0.25) is 0 Å². The highest BCUT2D eigenvalue weighted by Crippen LogP contribution is 2.35. The minimum Gasteiger partial charge on any atom is -0.323 e. The molecule has 1 amide bonds. The molecule has 29 heavy (non-hydrogen) atoms. The third-order valence-electron chi connectivity index (χ3n) is 5.40. The molecule has 0 aromatic heterocycles. The summed E-state index contributed by atoms with van der Waals surface area (Å²) < 4.78 is 0. The lowest BCUT2D eigenvalue weighted by molar-refractivity contribution is -0.155. The molecule has 1 heterocycles. The second kappa shape index (κ2) is 9.29. The fourth-order valence-electron chi connectivity index (χ4n) is 3.93. The molecule has 3 aromatic rings. The van der Waals surface area contributed by atoms with Crippen LogP contribution in [0.4, 0.5) is 0 Å². The largest absolute Gasteiger partial charge is 0.323 e. The number of amides is 1. The van der Waals surface area contributed by atoms with E-state index in [4.69, 9.17) is 0 Å². The molecule has 0 N–H and O–H groups in total. The van der Waals surface area contributed by atoms with Crippen molar-refractivity contribution in [3.05, 3.63) is 108 Å². The number of carbonyl (C=O) groups is 1. The fraction of sp³-hybridized carbons (Fsp3) is 0.240. The Labute approximate surface area is 177 Å². The normalized spacial score (nSPS) is 18.7. The number of hydrogen-bond donors (Lipinski definition) is 0. The SMILES string of the molecule is CS[C@@H]1[C@H](N(Cc2ccccc2)Cc2ccccc2)C(=O)N1Cc1ccccc1. The number of hydrogen-bond acceptors (Lipinski definition) is 3. The summed E-state index contributed by atoms with van der Waals surface area (Å²) in [6.45, 7) is 2.21. The molecule has 148 valence electrons. The molecule has 0 aliphatic carbocycles. The molecule has 0 spiro atoms. The molecule has 1 aliphatic heterocycles. The van der Waals surface area contributed by atoms with E-state index < -0.39 is 0 Å². The van der Waals surface area contributed by atoms with Gasteiger partial charge in [-0.2, -0.15) is 0 Å². The maximum atomic E-state index is 13.2. The highest BCUT2D eigenvalue weighted by Gasteiger charge is 2.49. The highest BCUT2D eigenvalue weighted by atomic mass is 32.2. The monoisotopic (exact) mass is 402 g/mol. The average molecular weight is 403 g/mol. The first-order valence-electron chi connectivity index (χ1n) is 9.95. The first-order valence-corrected chi connectivity index (χ1v) is 11.2. The third-order valence-corrected chi connectivity index (χ3v) is 6.40. The lowest BCUT2D eigenvalue weighted by Gasteiger charge is -2.50. The van der Waals surface area contributed by atoms with Gasteiger partial charge in [0.05, 0.1) is 0 Å². The van der Waals surface area contributed by atoms with E-state index in [1.165, 1.54) is 16.7 Å². The standard InChI is InChI=1S/C25H26N2OS/c1-29-25-23(24(28)27(25)19-22-15-9-4-10-16-22)26(17-20-11-5-2-6-12-20)18-21-13-7-3-8-14-21/h2-16,23,25H,17-19H2,1H3/t23-,25-/m1/s1. The number of likely N-dealkylation sites (tertiary alicyclic amines) is 1. The minimum absolute atomic E-state index is 0.103. The van der Waals surface area contributed by atoms with E-state index >= 15 is 0 Å². The number of nitrogens with zero attached hydrogens (tertiary/aromatic N) is 2. The van der Waals surface area contributed by atoms with Gasteiger partial charge >= 0.3 is 0 Å². The van der Waals surface area contributed by atoms with Gasteiger partial charge in [-0.15, -0.1) is 11.8 Å². The van der Waals surface area contributed by atoms with Gasteiger partial charge in [0.25, 0.3) is 0 Å². The zero-order valence-electron chi connectivity index (χ0n) is 16.6. The Balaban J connectivity index is 1.55. The molecule has 3 nitrogen and oxygen atoms in total. The summed E-state index contributed by atoms with van der Waals surface area (Å²) >= 11 is 1.76. The van der Waals surface area contributed by atoms with Crippen molar-refractivity contribution < 1.29 is 4.79 Å². The summed E-state index contributed by atoms with van der Waals surface area (Å²) in [4.78, 5) is 17.6. The van der Waals surface area contributed by atoms with Gasteiger partial charge < -0.3 is 4.90 Å². The predicted molar refractivity (Wildman–Crippen MR) is 120 cm³/mol. The second-order valence-corrected chi connectivity index (χ2v) is 8.35. The highest BCUT2D eigenvalue weighted by molar-refractivity contribution is 7.99. The Morgan fingerprint density at radius 1 is 0.759 bits per heavy atom. The van der Waals surface area contributed by atoms with Crippen LogP contribution in [-0.4, -0.2) is 33.4 Å². The molecule has 0 bridgehead atoms. The van der Waals surface area contributed by atoms with Gasteiger partial charge in [-0.05, 0) is 22.9 Å². The van der Waals surface area contributed by atoms with Gasteiger partial charge in [0.15, 0.2) is 0 Å². The van der Waals surface area contributed by atoms with Crippen molar-refractivity contribution in [2.24, 2.45) is 0 Å². The Morgan fingerprint density at radius 2 is 1.21 bits per heavy atom. The quantitative estimate of drug-likeness (QED) is 0.506.